The minimum absolute atomic E-state index is 0.0249. The van der Waals surface area contributed by atoms with Crippen LogP contribution in [0.3, 0.4) is 0 Å². The normalized spacial score (nSPS) is 30.9. The SMILES string of the molecule is COC1C(Cl)CC1Oc1ccccc1. The molecule has 1 aromatic carbocycles. The molecule has 3 heteroatoms. The lowest BCUT2D eigenvalue weighted by atomic mass is 9.91. The number of para-hydroxylation sites is 1. The lowest BCUT2D eigenvalue weighted by Crippen LogP contribution is -2.52. The van der Waals surface area contributed by atoms with Crippen LogP contribution < -0.4 is 4.74 Å². The van der Waals surface area contributed by atoms with Crippen LogP contribution in [0.15, 0.2) is 30.3 Å². The summed E-state index contributed by atoms with van der Waals surface area (Å²) in [6.45, 7) is 0. The first-order chi connectivity index (χ1) is 6.81. The topological polar surface area (TPSA) is 18.5 Å². The molecule has 3 unspecified atom stereocenters. The minimum Gasteiger partial charge on any atom is -0.488 e. The van der Waals surface area contributed by atoms with Gasteiger partial charge in [-0.1, -0.05) is 18.2 Å². The van der Waals surface area contributed by atoms with E-state index in [0.717, 1.165) is 12.2 Å². The van der Waals surface area contributed by atoms with Crippen molar-refractivity contribution in [3.8, 4) is 5.75 Å². The highest BCUT2D eigenvalue weighted by Crippen LogP contribution is 2.32. The predicted molar refractivity (Wildman–Crippen MR) is 55.9 cm³/mol. The molecule has 0 aromatic heterocycles. The molecule has 2 rings (SSSR count). The summed E-state index contributed by atoms with van der Waals surface area (Å²) in [5.74, 6) is 0.878. The van der Waals surface area contributed by atoms with Crippen molar-refractivity contribution >= 4 is 11.6 Å². The van der Waals surface area contributed by atoms with Crippen molar-refractivity contribution in [3.63, 3.8) is 0 Å². The Morgan fingerprint density at radius 2 is 2.00 bits per heavy atom. The maximum Gasteiger partial charge on any atom is 0.128 e. The van der Waals surface area contributed by atoms with E-state index >= 15 is 0 Å². The van der Waals surface area contributed by atoms with E-state index in [1.165, 1.54) is 0 Å². The number of benzene rings is 1. The first-order valence-electron chi connectivity index (χ1n) is 4.70. The third kappa shape index (κ3) is 1.86. The average Bonchev–Trinajstić information content (AvgIpc) is 2.19. The molecule has 1 aliphatic carbocycles. The van der Waals surface area contributed by atoms with E-state index in [9.17, 15) is 0 Å². The summed E-state index contributed by atoms with van der Waals surface area (Å²) in [5, 5.41) is 0.0914. The molecule has 0 spiro atoms. The van der Waals surface area contributed by atoms with Gasteiger partial charge in [0.1, 0.15) is 18.0 Å². The van der Waals surface area contributed by atoms with Gasteiger partial charge in [-0.2, -0.15) is 0 Å². The van der Waals surface area contributed by atoms with Gasteiger partial charge in [-0.05, 0) is 12.1 Å². The van der Waals surface area contributed by atoms with Crippen LogP contribution in [-0.4, -0.2) is 24.7 Å². The van der Waals surface area contributed by atoms with Crippen LogP contribution in [-0.2, 0) is 4.74 Å². The summed E-state index contributed by atoms with van der Waals surface area (Å²) >= 11 is 5.97. The smallest absolute Gasteiger partial charge is 0.128 e. The average molecular weight is 213 g/mol. The molecule has 0 bridgehead atoms. The van der Waals surface area contributed by atoms with Crippen molar-refractivity contribution in [2.75, 3.05) is 7.11 Å². The molecule has 14 heavy (non-hydrogen) atoms. The zero-order chi connectivity index (χ0) is 9.97. The van der Waals surface area contributed by atoms with Crippen LogP contribution in [0.25, 0.3) is 0 Å². The van der Waals surface area contributed by atoms with Crippen LogP contribution in [0.1, 0.15) is 6.42 Å². The molecule has 1 aromatic rings. The second kappa shape index (κ2) is 4.20. The molecule has 0 amide bonds. The summed E-state index contributed by atoms with van der Waals surface area (Å²) < 4.78 is 10.9. The first kappa shape index (κ1) is 9.81. The zero-order valence-electron chi connectivity index (χ0n) is 8.02. The van der Waals surface area contributed by atoms with E-state index in [4.69, 9.17) is 21.1 Å². The molecule has 1 saturated carbocycles. The fourth-order valence-corrected chi connectivity index (χ4v) is 2.06. The van der Waals surface area contributed by atoms with Gasteiger partial charge in [-0.15, -0.1) is 11.6 Å². The lowest BCUT2D eigenvalue weighted by molar-refractivity contribution is -0.0583. The molecule has 0 heterocycles. The van der Waals surface area contributed by atoms with E-state index in [1.54, 1.807) is 7.11 Å². The fraction of sp³-hybridized carbons (Fsp3) is 0.455. The number of methoxy groups -OCH3 is 1. The number of rotatable bonds is 3. The van der Waals surface area contributed by atoms with Gasteiger partial charge >= 0.3 is 0 Å². The Morgan fingerprint density at radius 1 is 1.29 bits per heavy atom. The number of halogens is 1. The second-order valence-electron chi connectivity index (χ2n) is 3.42. The largest absolute Gasteiger partial charge is 0.488 e. The van der Waals surface area contributed by atoms with Crippen molar-refractivity contribution in [1.29, 1.82) is 0 Å². The third-order valence-electron chi connectivity index (χ3n) is 2.48. The lowest BCUT2D eigenvalue weighted by Gasteiger charge is -2.39. The molecule has 3 atom stereocenters. The molecule has 0 aliphatic heterocycles. The Kier molecular flexibility index (Phi) is 2.94. The molecular weight excluding hydrogens is 200 g/mol. The molecule has 76 valence electrons. The molecule has 0 saturated heterocycles. The van der Waals surface area contributed by atoms with Crippen LogP contribution in [0.4, 0.5) is 0 Å². The van der Waals surface area contributed by atoms with E-state index < -0.39 is 0 Å². The maximum absolute atomic E-state index is 5.97. The van der Waals surface area contributed by atoms with Gasteiger partial charge in [0.2, 0.25) is 0 Å². The van der Waals surface area contributed by atoms with E-state index in [1.807, 2.05) is 30.3 Å². The zero-order valence-corrected chi connectivity index (χ0v) is 8.78. The molecule has 0 radical (unpaired) electrons. The van der Waals surface area contributed by atoms with Gasteiger partial charge in [0.25, 0.3) is 0 Å². The Hall–Kier alpha value is -0.730. The van der Waals surface area contributed by atoms with Gasteiger partial charge in [0.15, 0.2) is 0 Å². The second-order valence-corrected chi connectivity index (χ2v) is 3.98. The maximum atomic E-state index is 5.97. The van der Waals surface area contributed by atoms with Crippen LogP contribution in [0, 0.1) is 0 Å². The highest BCUT2D eigenvalue weighted by Gasteiger charge is 2.42. The Labute approximate surface area is 88.8 Å². The third-order valence-corrected chi connectivity index (χ3v) is 2.91. The monoisotopic (exact) mass is 212 g/mol. The highest BCUT2D eigenvalue weighted by molar-refractivity contribution is 6.21. The van der Waals surface area contributed by atoms with Crippen molar-refractivity contribution in [2.45, 2.75) is 24.0 Å². The quantitative estimate of drug-likeness (QED) is 0.717. The summed E-state index contributed by atoms with van der Waals surface area (Å²) in [6.07, 6.45) is 0.983. The van der Waals surface area contributed by atoms with Crippen LogP contribution in [0.5, 0.6) is 5.75 Å². The first-order valence-corrected chi connectivity index (χ1v) is 5.13. The van der Waals surface area contributed by atoms with Gasteiger partial charge in [-0.25, -0.2) is 0 Å². The van der Waals surface area contributed by atoms with E-state index in [2.05, 4.69) is 0 Å². The van der Waals surface area contributed by atoms with Crippen molar-refractivity contribution < 1.29 is 9.47 Å². The summed E-state index contributed by atoms with van der Waals surface area (Å²) in [7, 11) is 1.67. The minimum atomic E-state index is 0.0249. The standard InChI is InChI=1S/C11H13ClO2/c1-13-11-9(12)7-10(11)14-8-5-3-2-4-6-8/h2-6,9-11H,7H2,1H3. The van der Waals surface area contributed by atoms with Gasteiger partial charge in [0.05, 0.1) is 5.38 Å². The summed E-state index contributed by atoms with van der Waals surface area (Å²) in [4.78, 5) is 0. The van der Waals surface area contributed by atoms with Gasteiger partial charge in [0, 0.05) is 13.5 Å². The van der Waals surface area contributed by atoms with E-state index in [-0.39, 0.29) is 17.6 Å². The van der Waals surface area contributed by atoms with Crippen molar-refractivity contribution in [2.24, 2.45) is 0 Å². The summed E-state index contributed by atoms with van der Waals surface area (Å²) in [5.41, 5.74) is 0. The number of hydrogen-bond acceptors (Lipinski definition) is 2. The Balaban J connectivity index is 1.93. The highest BCUT2D eigenvalue weighted by atomic mass is 35.5. The summed E-state index contributed by atoms with van der Waals surface area (Å²) in [6, 6.07) is 9.75. The molecule has 0 N–H and O–H groups in total. The molecule has 1 aliphatic rings. The van der Waals surface area contributed by atoms with Crippen molar-refractivity contribution in [3.05, 3.63) is 30.3 Å². The fourth-order valence-electron chi connectivity index (χ4n) is 1.62. The molecular formula is C11H13ClO2. The number of alkyl halides is 1. The van der Waals surface area contributed by atoms with Gasteiger partial charge < -0.3 is 9.47 Å². The Morgan fingerprint density at radius 3 is 2.57 bits per heavy atom. The number of hydrogen-bond donors (Lipinski definition) is 0. The van der Waals surface area contributed by atoms with Crippen LogP contribution >= 0.6 is 11.6 Å². The predicted octanol–water partition coefficient (Wildman–Crippen LogP) is 2.46. The van der Waals surface area contributed by atoms with Crippen LogP contribution in [0.2, 0.25) is 0 Å². The number of ether oxygens (including phenoxy) is 2. The van der Waals surface area contributed by atoms with Crippen molar-refractivity contribution in [1.82, 2.24) is 0 Å². The van der Waals surface area contributed by atoms with E-state index in [0.29, 0.717) is 0 Å². The molecule has 2 nitrogen and oxygen atoms in total. The molecule has 1 fully saturated rings. The Bertz CT molecular complexity index is 289. The van der Waals surface area contributed by atoms with Gasteiger partial charge in [-0.3, -0.25) is 0 Å².